The van der Waals surface area contributed by atoms with Crippen molar-refractivity contribution in [2.45, 2.75) is 43.9 Å². The fraction of sp³-hybridized carbons (Fsp3) is 0.458. The largest absolute Gasteiger partial charge is 0.337 e. The molecular weight excluding hydrogens is 438 g/mol. The number of likely N-dealkylation sites (tertiary alicyclic amines) is 1. The number of hydrogen-bond donors (Lipinski definition) is 0. The summed E-state index contributed by atoms with van der Waals surface area (Å²) in [6.45, 7) is 3.46. The molecule has 3 heterocycles. The van der Waals surface area contributed by atoms with Crippen LogP contribution in [0.4, 0.5) is 0 Å². The number of carbonyl (C=O) groups is 1. The van der Waals surface area contributed by atoms with Gasteiger partial charge in [-0.2, -0.15) is 5.26 Å². The predicted octanol–water partition coefficient (Wildman–Crippen LogP) is 5.00. The van der Waals surface area contributed by atoms with E-state index in [9.17, 15) is 4.79 Å². The molecule has 6 nitrogen and oxygen atoms in total. The molecule has 2 aromatic heterocycles. The standard InChI is InChI=1S/C24H27N5OS2/c1-16(3-7-22-26-13-19(31-2)14-27-22)4-8-23-28-20-6-5-18(11-21(20)32-23)24(30)29-10-9-17(12-25)15-29/h5-6,11,13-14,16-17H,3-4,7-10,15H2,1-2H3/t16-,17?/m0/s1. The number of aromatic nitrogens is 3. The molecule has 0 spiro atoms. The van der Waals surface area contributed by atoms with E-state index < -0.39 is 0 Å². The number of thioether (sulfide) groups is 1. The van der Waals surface area contributed by atoms with Crippen LogP contribution in [0.2, 0.25) is 0 Å². The van der Waals surface area contributed by atoms with Crippen molar-refractivity contribution >= 4 is 39.2 Å². The summed E-state index contributed by atoms with van der Waals surface area (Å²) in [5.41, 5.74) is 1.64. The first kappa shape index (κ1) is 22.7. The third-order valence-electron chi connectivity index (χ3n) is 5.97. The Morgan fingerprint density at radius 2 is 2.09 bits per heavy atom. The second-order valence-corrected chi connectivity index (χ2v) is 10.4. The van der Waals surface area contributed by atoms with Gasteiger partial charge in [0.25, 0.3) is 5.91 Å². The van der Waals surface area contributed by atoms with E-state index in [4.69, 9.17) is 10.2 Å². The highest BCUT2D eigenvalue weighted by Gasteiger charge is 2.27. The van der Waals surface area contributed by atoms with Gasteiger partial charge in [0.1, 0.15) is 5.82 Å². The molecule has 8 heteroatoms. The van der Waals surface area contributed by atoms with Gasteiger partial charge >= 0.3 is 0 Å². The summed E-state index contributed by atoms with van der Waals surface area (Å²) in [6, 6.07) is 8.03. The molecule has 0 saturated carbocycles. The number of hydrogen-bond acceptors (Lipinski definition) is 7. The lowest BCUT2D eigenvalue weighted by Crippen LogP contribution is -2.28. The third-order valence-corrected chi connectivity index (χ3v) is 7.73. The lowest BCUT2D eigenvalue weighted by molar-refractivity contribution is 0.0790. The lowest BCUT2D eigenvalue weighted by atomic mass is 10.00. The average molecular weight is 466 g/mol. The first-order chi connectivity index (χ1) is 15.6. The summed E-state index contributed by atoms with van der Waals surface area (Å²) in [7, 11) is 0. The quantitative estimate of drug-likeness (QED) is 0.436. The molecule has 1 unspecified atom stereocenters. The summed E-state index contributed by atoms with van der Waals surface area (Å²) in [6.07, 6.45) is 10.5. The molecule has 32 heavy (non-hydrogen) atoms. The number of benzene rings is 1. The molecule has 0 radical (unpaired) electrons. The molecule has 1 fully saturated rings. The van der Waals surface area contributed by atoms with Gasteiger partial charge in [0, 0.05) is 42.4 Å². The molecule has 1 aliphatic heterocycles. The minimum atomic E-state index is -0.0408. The highest BCUT2D eigenvalue weighted by molar-refractivity contribution is 7.98. The fourth-order valence-corrected chi connectivity index (χ4v) is 5.25. The van der Waals surface area contributed by atoms with Crippen molar-refractivity contribution in [3.05, 3.63) is 47.0 Å². The van der Waals surface area contributed by atoms with Crippen molar-refractivity contribution in [2.24, 2.45) is 11.8 Å². The Balaban J connectivity index is 1.31. The Bertz CT molecular complexity index is 1120. The summed E-state index contributed by atoms with van der Waals surface area (Å²) in [5, 5.41) is 10.2. The third kappa shape index (κ3) is 5.45. The molecular formula is C24H27N5OS2. The van der Waals surface area contributed by atoms with Crippen molar-refractivity contribution in [3.63, 3.8) is 0 Å². The van der Waals surface area contributed by atoms with E-state index in [0.29, 0.717) is 24.6 Å². The summed E-state index contributed by atoms with van der Waals surface area (Å²) in [5.74, 6) is 1.44. The Labute approximate surface area is 197 Å². The maximum Gasteiger partial charge on any atom is 0.253 e. The molecule has 166 valence electrons. The van der Waals surface area contributed by atoms with Crippen molar-refractivity contribution < 1.29 is 4.79 Å². The minimum Gasteiger partial charge on any atom is -0.337 e. The number of aryl methyl sites for hydroxylation is 2. The van der Waals surface area contributed by atoms with E-state index in [1.54, 1.807) is 28.0 Å². The summed E-state index contributed by atoms with van der Waals surface area (Å²) in [4.78, 5) is 29.3. The van der Waals surface area contributed by atoms with Crippen LogP contribution >= 0.6 is 23.1 Å². The van der Waals surface area contributed by atoms with Crippen LogP contribution in [-0.2, 0) is 12.8 Å². The molecule has 0 N–H and O–H groups in total. The number of amides is 1. The molecule has 0 aliphatic carbocycles. The van der Waals surface area contributed by atoms with Gasteiger partial charge in [0.05, 0.1) is 27.2 Å². The highest BCUT2D eigenvalue weighted by Crippen LogP contribution is 2.27. The Kier molecular flexibility index (Phi) is 7.38. The average Bonchev–Trinajstić information content (AvgIpc) is 3.47. The van der Waals surface area contributed by atoms with Crippen LogP contribution in [0.15, 0.2) is 35.5 Å². The van der Waals surface area contributed by atoms with Crippen molar-refractivity contribution in [2.75, 3.05) is 19.3 Å². The number of fused-ring (bicyclic) bond motifs is 1. The van der Waals surface area contributed by atoms with Gasteiger partial charge in [-0.05, 0) is 56.1 Å². The Morgan fingerprint density at radius 1 is 1.31 bits per heavy atom. The summed E-state index contributed by atoms with van der Waals surface area (Å²) < 4.78 is 1.05. The van der Waals surface area contributed by atoms with Crippen molar-refractivity contribution in [1.82, 2.24) is 19.9 Å². The number of nitriles is 1. The summed E-state index contributed by atoms with van der Waals surface area (Å²) >= 11 is 3.33. The first-order valence-corrected chi connectivity index (χ1v) is 13.0. The molecule has 3 aromatic rings. The van der Waals surface area contributed by atoms with E-state index in [1.165, 1.54) is 0 Å². The zero-order chi connectivity index (χ0) is 22.5. The molecule has 1 saturated heterocycles. The van der Waals surface area contributed by atoms with Gasteiger partial charge < -0.3 is 4.90 Å². The van der Waals surface area contributed by atoms with Gasteiger partial charge in [-0.1, -0.05) is 6.92 Å². The first-order valence-electron chi connectivity index (χ1n) is 11.0. The smallest absolute Gasteiger partial charge is 0.253 e. The zero-order valence-electron chi connectivity index (χ0n) is 18.5. The lowest BCUT2D eigenvalue weighted by Gasteiger charge is -2.15. The number of thiazole rings is 1. The molecule has 1 aromatic carbocycles. The van der Waals surface area contributed by atoms with Crippen LogP contribution in [0.5, 0.6) is 0 Å². The molecule has 4 rings (SSSR count). The van der Waals surface area contributed by atoms with Crippen molar-refractivity contribution in [1.29, 1.82) is 5.26 Å². The number of carbonyl (C=O) groups excluding carboxylic acids is 1. The van der Waals surface area contributed by atoms with Crippen LogP contribution in [0.3, 0.4) is 0 Å². The fourth-order valence-electron chi connectivity index (χ4n) is 3.91. The normalized spacial score (nSPS) is 16.9. The number of rotatable bonds is 8. The molecule has 1 amide bonds. The topological polar surface area (TPSA) is 82.8 Å². The highest BCUT2D eigenvalue weighted by atomic mass is 32.2. The SMILES string of the molecule is CSc1cnc(CC[C@H](C)CCc2nc3ccc(C(=O)N4CCC(C#N)C4)cc3s2)nc1. The Morgan fingerprint density at radius 3 is 2.81 bits per heavy atom. The van der Waals surface area contributed by atoms with Crippen LogP contribution < -0.4 is 0 Å². The minimum absolute atomic E-state index is 0.0148. The van der Waals surface area contributed by atoms with Gasteiger partial charge in [-0.15, -0.1) is 23.1 Å². The van der Waals surface area contributed by atoms with Gasteiger partial charge in [0.2, 0.25) is 0 Å². The van der Waals surface area contributed by atoms with E-state index in [0.717, 1.165) is 58.0 Å². The van der Waals surface area contributed by atoms with Gasteiger partial charge in [-0.3, -0.25) is 4.79 Å². The van der Waals surface area contributed by atoms with Gasteiger partial charge in [-0.25, -0.2) is 15.0 Å². The van der Waals surface area contributed by atoms with E-state index >= 15 is 0 Å². The second kappa shape index (κ2) is 10.4. The van der Waals surface area contributed by atoms with Crippen LogP contribution in [0, 0.1) is 23.2 Å². The molecule has 1 aliphatic rings. The van der Waals surface area contributed by atoms with Crippen LogP contribution in [0.1, 0.15) is 47.4 Å². The van der Waals surface area contributed by atoms with Crippen molar-refractivity contribution in [3.8, 4) is 6.07 Å². The van der Waals surface area contributed by atoms with E-state index in [2.05, 4.69) is 23.0 Å². The molecule has 0 bridgehead atoms. The number of nitrogens with zero attached hydrogens (tertiary/aromatic N) is 5. The van der Waals surface area contributed by atoms with Crippen LogP contribution in [0.25, 0.3) is 10.2 Å². The predicted molar refractivity (Wildman–Crippen MR) is 129 cm³/mol. The monoisotopic (exact) mass is 465 g/mol. The maximum absolute atomic E-state index is 12.8. The van der Waals surface area contributed by atoms with Crippen LogP contribution in [-0.4, -0.2) is 45.1 Å². The molecule has 2 atom stereocenters. The second-order valence-electron chi connectivity index (χ2n) is 8.38. The Hall–Kier alpha value is -2.50. The zero-order valence-corrected chi connectivity index (χ0v) is 20.1. The van der Waals surface area contributed by atoms with E-state index in [-0.39, 0.29) is 11.8 Å². The van der Waals surface area contributed by atoms with E-state index in [1.807, 2.05) is 36.8 Å². The maximum atomic E-state index is 12.8. The van der Waals surface area contributed by atoms with Gasteiger partial charge in [0.15, 0.2) is 0 Å².